The molecule has 1 aromatic carbocycles. The summed E-state index contributed by atoms with van der Waals surface area (Å²) in [6, 6.07) is 6.65. The number of benzene rings is 1. The monoisotopic (exact) mass is 304 g/mol. The van der Waals surface area contributed by atoms with Gasteiger partial charge in [0, 0.05) is 22.7 Å². The van der Waals surface area contributed by atoms with E-state index in [1.54, 1.807) is 11.3 Å². The van der Waals surface area contributed by atoms with Gasteiger partial charge in [0.1, 0.15) is 17.4 Å². The van der Waals surface area contributed by atoms with Crippen molar-refractivity contribution < 1.29 is 4.74 Å². The molecule has 21 heavy (non-hydrogen) atoms. The topological polar surface area (TPSA) is 34.1 Å². The smallest absolute Gasteiger partial charge is 0.140 e. The summed E-state index contributed by atoms with van der Waals surface area (Å²) in [7, 11) is 0. The van der Waals surface area contributed by atoms with Gasteiger partial charge in [0.25, 0.3) is 0 Å². The normalized spacial score (nSPS) is 12.4. The summed E-state index contributed by atoms with van der Waals surface area (Å²) in [5, 5.41) is 6.60. The van der Waals surface area contributed by atoms with Crippen molar-refractivity contribution in [3.63, 3.8) is 0 Å². The number of nitrogens with zero attached hydrogens (tertiary/aromatic N) is 1. The van der Waals surface area contributed by atoms with Crippen LogP contribution in [0.25, 0.3) is 0 Å². The van der Waals surface area contributed by atoms with Crippen LogP contribution in [0.3, 0.4) is 0 Å². The molecule has 114 valence electrons. The van der Waals surface area contributed by atoms with Gasteiger partial charge in [0.2, 0.25) is 0 Å². The van der Waals surface area contributed by atoms with Crippen LogP contribution < -0.4 is 10.1 Å². The minimum atomic E-state index is 0.290. The van der Waals surface area contributed by atoms with Gasteiger partial charge in [-0.15, -0.1) is 11.3 Å². The van der Waals surface area contributed by atoms with Gasteiger partial charge in [0.15, 0.2) is 0 Å². The van der Waals surface area contributed by atoms with Gasteiger partial charge >= 0.3 is 0 Å². The third kappa shape index (κ3) is 4.55. The van der Waals surface area contributed by atoms with Gasteiger partial charge in [0.05, 0.1) is 0 Å². The van der Waals surface area contributed by atoms with Crippen LogP contribution in [0, 0.1) is 13.8 Å². The van der Waals surface area contributed by atoms with Gasteiger partial charge in [-0.1, -0.05) is 24.6 Å². The Kier molecular flexibility index (Phi) is 5.76. The molecule has 0 spiro atoms. The molecule has 0 aliphatic carbocycles. The van der Waals surface area contributed by atoms with E-state index in [-0.39, 0.29) is 6.04 Å². The summed E-state index contributed by atoms with van der Waals surface area (Å²) in [5.41, 5.74) is 3.53. The van der Waals surface area contributed by atoms with Crippen LogP contribution >= 0.6 is 11.3 Å². The molecule has 0 saturated heterocycles. The average Bonchev–Trinajstić information content (AvgIpc) is 2.89. The van der Waals surface area contributed by atoms with Gasteiger partial charge in [-0.2, -0.15) is 0 Å². The lowest BCUT2D eigenvalue weighted by Crippen LogP contribution is -2.20. The van der Waals surface area contributed by atoms with Crippen molar-refractivity contribution in [3.8, 4) is 5.75 Å². The van der Waals surface area contributed by atoms with Crippen LogP contribution in [0.4, 0.5) is 0 Å². The molecular weight excluding hydrogens is 280 g/mol. The molecule has 1 heterocycles. The van der Waals surface area contributed by atoms with Crippen molar-refractivity contribution in [3.05, 3.63) is 45.4 Å². The van der Waals surface area contributed by atoms with Crippen molar-refractivity contribution in [2.45, 2.75) is 46.8 Å². The van der Waals surface area contributed by atoms with Crippen molar-refractivity contribution in [2.75, 3.05) is 6.54 Å². The fraction of sp³-hybridized carbons (Fsp3) is 0.471. The van der Waals surface area contributed by atoms with Crippen molar-refractivity contribution in [1.29, 1.82) is 0 Å². The zero-order valence-corrected chi connectivity index (χ0v) is 14.1. The third-order valence-corrected chi connectivity index (χ3v) is 4.29. The highest BCUT2D eigenvalue weighted by molar-refractivity contribution is 7.09. The first-order chi connectivity index (χ1) is 10.1. The molecule has 0 aliphatic heterocycles. The second kappa shape index (κ2) is 7.57. The largest absolute Gasteiger partial charge is 0.486 e. The predicted octanol–water partition coefficient (Wildman–Crippen LogP) is 4.40. The molecule has 2 rings (SSSR count). The minimum Gasteiger partial charge on any atom is -0.486 e. The van der Waals surface area contributed by atoms with E-state index < -0.39 is 0 Å². The van der Waals surface area contributed by atoms with E-state index >= 15 is 0 Å². The number of thiazole rings is 1. The number of aryl methyl sites for hydroxylation is 2. The lowest BCUT2D eigenvalue weighted by molar-refractivity contribution is 0.299. The first-order valence-corrected chi connectivity index (χ1v) is 8.36. The molecule has 0 radical (unpaired) electrons. The first kappa shape index (κ1) is 16.0. The Morgan fingerprint density at radius 2 is 2.14 bits per heavy atom. The van der Waals surface area contributed by atoms with Gasteiger partial charge in [-0.25, -0.2) is 4.98 Å². The number of hydrogen-bond donors (Lipinski definition) is 1. The highest BCUT2D eigenvalue weighted by atomic mass is 32.1. The summed E-state index contributed by atoms with van der Waals surface area (Å²) in [5.74, 6) is 0.949. The van der Waals surface area contributed by atoms with E-state index in [1.165, 1.54) is 11.1 Å². The Morgan fingerprint density at radius 3 is 2.81 bits per heavy atom. The van der Waals surface area contributed by atoms with E-state index in [0.717, 1.165) is 29.4 Å². The van der Waals surface area contributed by atoms with Gasteiger partial charge < -0.3 is 10.1 Å². The number of nitrogens with one attached hydrogen (secondary N) is 1. The van der Waals surface area contributed by atoms with Crippen LogP contribution in [0.5, 0.6) is 5.75 Å². The van der Waals surface area contributed by atoms with Crippen molar-refractivity contribution >= 4 is 11.3 Å². The van der Waals surface area contributed by atoms with Crippen LogP contribution in [-0.2, 0) is 6.61 Å². The van der Waals surface area contributed by atoms with Crippen molar-refractivity contribution in [1.82, 2.24) is 10.3 Å². The summed E-state index contributed by atoms with van der Waals surface area (Å²) >= 11 is 1.65. The summed E-state index contributed by atoms with van der Waals surface area (Å²) < 4.78 is 6.00. The van der Waals surface area contributed by atoms with Crippen molar-refractivity contribution in [2.24, 2.45) is 0 Å². The SMILES string of the molecule is CCCNC(C)c1cc(C)ccc1OCc1nc(C)cs1. The van der Waals surface area contributed by atoms with E-state index in [2.05, 4.69) is 54.7 Å². The van der Waals surface area contributed by atoms with Gasteiger partial charge in [-0.05, 0) is 39.8 Å². The van der Waals surface area contributed by atoms with E-state index in [1.807, 2.05) is 6.92 Å². The lowest BCUT2D eigenvalue weighted by atomic mass is 10.0. The molecule has 4 heteroatoms. The highest BCUT2D eigenvalue weighted by Gasteiger charge is 2.12. The standard InChI is InChI=1S/C17H24N2OS/c1-5-8-18-14(4)15-9-12(2)6-7-16(15)20-10-17-19-13(3)11-21-17/h6-7,9,11,14,18H,5,8,10H2,1-4H3. The van der Waals surface area contributed by atoms with E-state index in [0.29, 0.717) is 6.61 Å². The lowest BCUT2D eigenvalue weighted by Gasteiger charge is -2.18. The molecule has 3 nitrogen and oxygen atoms in total. The molecule has 2 aromatic rings. The minimum absolute atomic E-state index is 0.290. The maximum Gasteiger partial charge on any atom is 0.140 e. The molecule has 1 atom stereocenters. The van der Waals surface area contributed by atoms with Gasteiger partial charge in [-0.3, -0.25) is 0 Å². The molecular formula is C17H24N2OS. The van der Waals surface area contributed by atoms with Crippen LogP contribution in [0.2, 0.25) is 0 Å². The molecule has 0 amide bonds. The Bertz CT molecular complexity index is 580. The number of aromatic nitrogens is 1. The molecule has 0 aliphatic rings. The van der Waals surface area contributed by atoms with E-state index in [4.69, 9.17) is 4.74 Å². The van der Waals surface area contributed by atoms with Crippen LogP contribution in [0.15, 0.2) is 23.6 Å². The first-order valence-electron chi connectivity index (χ1n) is 7.48. The number of ether oxygens (including phenoxy) is 1. The molecule has 1 unspecified atom stereocenters. The zero-order valence-electron chi connectivity index (χ0n) is 13.3. The zero-order chi connectivity index (χ0) is 15.2. The molecule has 0 bridgehead atoms. The van der Waals surface area contributed by atoms with Crippen LogP contribution in [0.1, 0.15) is 48.1 Å². The highest BCUT2D eigenvalue weighted by Crippen LogP contribution is 2.27. The maximum atomic E-state index is 6.00. The fourth-order valence-electron chi connectivity index (χ4n) is 2.22. The number of rotatable bonds is 7. The Hall–Kier alpha value is -1.39. The second-order valence-corrected chi connectivity index (χ2v) is 6.33. The Balaban J connectivity index is 2.10. The molecule has 1 aromatic heterocycles. The average molecular weight is 304 g/mol. The third-order valence-electron chi connectivity index (χ3n) is 3.35. The van der Waals surface area contributed by atoms with E-state index in [9.17, 15) is 0 Å². The van der Waals surface area contributed by atoms with Crippen LogP contribution in [-0.4, -0.2) is 11.5 Å². The summed E-state index contributed by atoms with van der Waals surface area (Å²) in [4.78, 5) is 4.45. The molecule has 1 N–H and O–H groups in total. The quantitative estimate of drug-likeness (QED) is 0.823. The second-order valence-electron chi connectivity index (χ2n) is 5.39. The summed E-state index contributed by atoms with van der Waals surface area (Å²) in [6.07, 6.45) is 1.13. The fourth-order valence-corrected chi connectivity index (χ4v) is 2.90. The Labute approximate surface area is 131 Å². The Morgan fingerprint density at radius 1 is 1.33 bits per heavy atom. The summed E-state index contributed by atoms with van der Waals surface area (Å²) in [6.45, 7) is 10.0. The number of hydrogen-bond acceptors (Lipinski definition) is 4. The molecule has 0 fully saturated rings. The maximum absolute atomic E-state index is 6.00. The molecule has 0 saturated carbocycles. The predicted molar refractivity (Wildman–Crippen MR) is 89.1 cm³/mol.